The van der Waals surface area contributed by atoms with Gasteiger partial charge in [-0.1, -0.05) is 34.9 Å². The summed E-state index contributed by atoms with van der Waals surface area (Å²) < 4.78 is 46.3. The minimum Gasteiger partial charge on any atom is -0.407 e. The Kier molecular flexibility index (Phi) is 6.23. The number of carbonyl (C=O) groups is 2. The molecule has 1 aliphatic rings. The summed E-state index contributed by atoms with van der Waals surface area (Å²) in [7, 11) is 0. The Hall–Kier alpha value is -3.60. The SMILES string of the molecule is O=C(Cc1ccccc1Cl)Nc1nnc([C@H]2CC(=O)N(c3ccc(OC(F)(F)F)cc3)C2)o1. The molecular formula is C21H16ClF3N4O4. The van der Waals surface area contributed by atoms with Crippen LogP contribution in [0.5, 0.6) is 5.75 Å². The van der Waals surface area contributed by atoms with E-state index in [9.17, 15) is 22.8 Å². The van der Waals surface area contributed by atoms with Crippen molar-refractivity contribution in [2.24, 2.45) is 0 Å². The van der Waals surface area contributed by atoms with Gasteiger partial charge in [0.25, 0.3) is 0 Å². The lowest BCUT2D eigenvalue weighted by atomic mass is 10.1. The summed E-state index contributed by atoms with van der Waals surface area (Å²) in [6.07, 6.45) is -4.72. The van der Waals surface area contributed by atoms with Crippen molar-refractivity contribution in [2.75, 3.05) is 16.8 Å². The number of alkyl halides is 3. The number of rotatable bonds is 6. The summed E-state index contributed by atoms with van der Waals surface area (Å²) in [5.74, 6) is -1.32. The molecule has 2 heterocycles. The van der Waals surface area contributed by atoms with E-state index < -0.39 is 18.2 Å². The Bertz CT molecular complexity index is 1170. The molecule has 2 aromatic carbocycles. The minimum absolute atomic E-state index is 0.0150. The first-order chi connectivity index (χ1) is 15.7. The van der Waals surface area contributed by atoms with E-state index >= 15 is 0 Å². The third-order valence-corrected chi connectivity index (χ3v) is 5.22. The van der Waals surface area contributed by atoms with Gasteiger partial charge in [-0.25, -0.2) is 0 Å². The van der Waals surface area contributed by atoms with Crippen LogP contribution < -0.4 is 15.0 Å². The lowest BCUT2D eigenvalue weighted by molar-refractivity contribution is -0.274. The molecule has 33 heavy (non-hydrogen) atoms. The predicted molar refractivity (Wildman–Crippen MR) is 111 cm³/mol. The van der Waals surface area contributed by atoms with Crippen molar-refractivity contribution in [3.05, 3.63) is 65.0 Å². The molecule has 1 aliphatic heterocycles. The van der Waals surface area contributed by atoms with E-state index in [0.717, 1.165) is 12.1 Å². The predicted octanol–water partition coefficient (Wildman–Crippen LogP) is 4.32. The summed E-state index contributed by atoms with van der Waals surface area (Å²) in [5.41, 5.74) is 1.05. The summed E-state index contributed by atoms with van der Waals surface area (Å²) in [4.78, 5) is 26.1. The van der Waals surface area contributed by atoms with Gasteiger partial charge < -0.3 is 14.1 Å². The molecule has 3 aromatic rings. The molecule has 0 bridgehead atoms. The number of nitrogens with one attached hydrogen (secondary N) is 1. The number of hydrogen-bond donors (Lipinski definition) is 1. The highest BCUT2D eigenvalue weighted by molar-refractivity contribution is 6.31. The minimum atomic E-state index is -4.80. The van der Waals surface area contributed by atoms with Gasteiger partial charge in [0.2, 0.25) is 17.7 Å². The third kappa shape index (κ3) is 5.61. The van der Waals surface area contributed by atoms with Crippen molar-refractivity contribution in [1.82, 2.24) is 10.2 Å². The zero-order chi connectivity index (χ0) is 23.6. The summed E-state index contributed by atoms with van der Waals surface area (Å²) >= 11 is 6.05. The molecule has 0 radical (unpaired) electrons. The highest BCUT2D eigenvalue weighted by Crippen LogP contribution is 2.33. The van der Waals surface area contributed by atoms with Crippen LogP contribution in [0.3, 0.4) is 0 Å². The van der Waals surface area contributed by atoms with Crippen molar-refractivity contribution in [2.45, 2.75) is 25.1 Å². The van der Waals surface area contributed by atoms with E-state index in [0.29, 0.717) is 16.3 Å². The maximum absolute atomic E-state index is 12.4. The number of aromatic nitrogens is 2. The fourth-order valence-electron chi connectivity index (χ4n) is 3.38. The van der Waals surface area contributed by atoms with Gasteiger partial charge in [-0.2, -0.15) is 0 Å². The van der Waals surface area contributed by atoms with E-state index in [1.54, 1.807) is 24.3 Å². The van der Waals surface area contributed by atoms with Crippen molar-refractivity contribution in [1.29, 1.82) is 0 Å². The fraction of sp³-hybridized carbons (Fsp3) is 0.238. The zero-order valence-corrected chi connectivity index (χ0v) is 17.6. The largest absolute Gasteiger partial charge is 0.573 e. The van der Waals surface area contributed by atoms with Gasteiger partial charge in [0.05, 0.1) is 12.3 Å². The summed E-state index contributed by atoms with van der Waals surface area (Å²) in [6, 6.07) is 11.8. The average Bonchev–Trinajstić information content (AvgIpc) is 3.36. The number of amides is 2. The van der Waals surface area contributed by atoms with E-state index in [1.807, 2.05) is 0 Å². The standard InChI is InChI=1S/C21H16ClF3N4O4/c22-16-4-2-1-3-12(16)9-17(30)26-20-28-27-19(32-20)13-10-18(31)29(11-13)14-5-7-15(8-6-14)33-21(23,24)25/h1-8,13H,9-11H2,(H,26,28,30)/t13-/m0/s1. The number of carbonyl (C=O) groups excluding carboxylic acids is 2. The van der Waals surface area contributed by atoms with Crippen LogP contribution >= 0.6 is 11.6 Å². The molecule has 1 saturated heterocycles. The highest BCUT2D eigenvalue weighted by atomic mass is 35.5. The maximum atomic E-state index is 12.4. The molecule has 172 valence electrons. The Morgan fingerprint density at radius 3 is 2.61 bits per heavy atom. The molecule has 0 aliphatic carbocycles. The molecule has 0 spiro atoms. The molecule has 2 amide bonds. The van der Waals surface area contributed by atoms with E-state index in [1.165, 1.54) is 17.0 Å². The number of anilines is 2. The Morgan fingerprint density at radius 2 is 1.91 bits per heavy atom. The molecule has 1 aromatic heterocycles. The highest BCUT2D eigenvalue weighted by Gasteiger charge is 2.35. The van der Waals surface area contributed by atoms with Crippen LogP contribution in [0.4, 0.5) is 24.9 Å². The van der Waals surface area contributed by atoms with E-state index in [-0.39, 0.29) is 42.9 Å². The van der Waals surface area contributed by atoms with Gasteiger partial charge in [-0.3, -0.25) is 14.9 Å². The van der Waals surface area contributed by atoms with Gasteiger partial charge in [-0.15, -0.1) is 18.3 Å². The molecule has 12 heteroatoms. The second-order valence-corrected chi connectivity index (χ2v) is 7.62. The first kappa shape index (κ1) is 22.6. The van der Waals surface area contributed by atoms with Crippen molar-refractivity contribution in [3.63, 3.8) is 0 Å². The van der Waals surface area contributed by atoms with E-state index in [2.05, 4.69) is 20.3 Å². The molecule has 1 atom stereocenters. The van der Waals surface area contributed by atoms with Crippen LogP contribution in [0.25, 0.3) is 0 Å². The smallest absolute Gasteiger partial charge is 0.407 e. The van der Waals surface area contributed by atoms with Crippen LogP contribution in [0.2, 0.25) is 5.02 Å². The number of ether oxygens (including phenoxy) is 1. The van der Waals surface area contributed by atoms with Gasteiger partial charge in [0.15, 0.2) is 0 Å². The second-order valence-electron chi connectivity index (χ2n) is 7.21. The number of benzene rings is 2. The molecule has 0 saturated carbocycles. The maximum Gasteiger partial charge on any atom is 0.573 e. The molecule has 8 nitrogen and oxygen atoms in total. The Balaban J connectivity index is 1.37. The average molecular weight is 481 g/mol. The van der Waals surface area contributed by atoms with Crippen LogP contribution in [0.1, 0.15) is 23.8 Å². The quantitative estimate of drug-likeness (QED) is 0.564. The summed E-state index contributed by atoms with van der Waals surface area (Å²) in [5, 5.41) is 10.7. The van der Waals surface area contributed by atoms with Crippen molar-refractivity contribution >= 4 is 35.1 Å². The van der Waals surface area contributed by atoms with Crippen LogP contribution in [0, 0.1) is 0 Å². The van der Waals surface area contributed by atoms with Crippen LogP contribution in [-0.2, 0) is 16.0 Å². The Morgan fingerprint density at radius 1 is 1.18 bits per heavy atom. The van der Waals surface area contributed by atoms with Gasteiger partial charge in [-0.05, 0) is 35.9 Å². The van der Waals surface area contributed by atoms with Gasteiger partial charge >= 0.3 is 12.4 Å². The second kappa shape index (κ2) is 9.10. The first-order valence-electron chi connectivity index (χ1n) is 9.71. The summed E-state index contributed by atoms with van der Waals surface area (Å²) in [6.45, 7) is 0.188. The van der Waals surface area contributed by atoms with Gasteiger partial charge in [0, 0.05) is 23.7 Å². The van der Waals surface area contributed by atoms with Crippen molar-refractivity contribution in [3.8, 4) is 5.75 Å². The topological polar surface area (TPSA) is 97.6 Å². The fourth-order valence-corrected chi connectivity index (χ4v) is 3.58. The molecule has 1 N–H and O–H groups in total. The third-order valence-electron chi connectivity index (χ3n) is 4.85. The molecule has 0 unspecified atom stereocenters. The van der Waals surface area contributed by atoms with E-state index in [4.69, 9.17) is 16.0 Å². The zero-order valence-electron chi connectivity index (χ0n) is 16.8. The lowest BCUT2D eigenvalue weighted by Gasteiger charge is -2.17. The molecule has 4 rings (SSSR count). The van der Waals surface area contributed by atoms with Gasteiger partial charge in [0.1, 0.15) is 5.75 Å². The molecular weight excluding hydrogens is 465 g/mol. The number of nitrogens with zero attached hydrogens (tertiary/aromatic N) is 3. The normalized spacial score (nSPS) is 16.2. The first-order valence-corrected chi connectivity index (χ1v) is 10.1. The Labute approximate surface area is 190 Å². The van der Waals surface area contributed by atoms with Crippen LogP contribution in [-0.4, -0.2) is 34.9 Å². The molecule has 1 fully saturated rings. The van der Waals surface area contributed by atoms with Crippen molar-refractivity contribution < 1.29 is 31.9 Å². The van der Waals surface area contributed by atoms with Crippen LogP contribution in [0.15, 0.2) is 52.9 Å². The monoisotopic (exact) mass is 480 g/mol. The lowest BCUT2D eigenvalue weighted by Crippen LogP contribution is -2.24. The number of hydrogen-bond acceptors (Lipinski definition) is 6. The number of halogens is 4.